The first-order valence-electron chi connectivity index (χ1n) is 9.33. The SMILES string of the molecule is CC[C@H](O)[C@@H](O)c1cccc(-c2cnc3[nH]cc(-c4ccccc4[OH2+])c3c2)c1. The van der Waals surface area contributed by atoms with E-state index in [9.17, 15) is 10.2 Å². The zero-order valence-corrected chi connectivity index (χ0v) is 15.6. The van der Waals surface area contributed by atoms with Gasteiger partial charge in [-0.05, 0) is 35.7 Å². The van der Waals surface area contributed by atoms with Crippen molar-refractivity contribution in [2.75, 3.05) is 0 Å². The van der Waals surface area contributed by atoms with E-state index in [0.717, 1.165) is 33.3 Å². The second-order valence-corrected chi connectivity index (χ2v) is 6.91. The molecule has 4 rings (SSSR count). The maximum absolute atomic E-state index is 10.3. The fraction of sp³-hybridized carbons (Fsp3) is 0.174. The number of aliphatic hydroxyl groups excluding tert-OH is 2. The molecular formula is C23H23N2O3+. The molecule has 0 aliphatic heterocycles. The summed E-state index contributed by atoms with van der Waals surface area (Å²) in [6.07, 6.45) is 2.45. The summed E-state index contributed by atoms with van der Waals surface area (Å²) in [5, 5.41) is 29.4. The molecule has 2 atom stereocenters. The average Bonchev–Trinajstić information content (AvgIpc) is 3.16. The number of aromatic amines is 1. The summed E-state index contributed by atoms with van der Waals surface area (Å²) in [6, 6.07) is 17.1. The van der Waals surface area contributed by atoms with Crippen molar-refractivity contribution in [1.29, 1.82) is 0 Å². The van der Waals surface area contributed by atoms with Gasteiger partial charge in [-0.2, -0.15) is 0 Å². The summed E-state index contributed by atoms with van der Waals surface area (Å²) in [5.41, 5.74) is 5.06. The molecule has 5 heteroatoms. The van der Waals surface area contributed by atoms with Gasteiger partial charge in [-0.1, -0.05) is 37.3 Å². The third kappa shape index (κ3) is 3.26. The quantitative estimate of drug-likeness (QED) is 0.458. The van der Waals surface area contributed by atoms with E-state index >= 15 is 0 Å². The minimum absolute atomic E-state index is 0.465. The fourth-order valence-electron chi connectivity index (χ4n) is 3.45. The molecule has 0 aliphatic carbocycles. The lowest BCUT2D eigenvalue weighted by Gasteiger charge is -2.17. The molecule has 0 spiro atoms. The number of benzene rings is 2. The van der Waals surface area contributed by atoms with Gasteiger partial charge in [-0.25, -0.2) is 4.98 Å². The first-order chi connectivity index (χ1) is 13.6. The van der Waals surface area contributed by atoms with Crippen molar-refractivity contribution >= 4 is 11.0 Å². The summed E-state index contributed by atoms with van der Waals surface area (Å²) in [5.74, 6) is 0.465. The number of pyridine rings is 1. The van der Waals surface area contributed by atoms with Gasteiger partial charge in [0, 0.05) is 35.0 Å². The van der Waals surface area contributed by atoms with Crippen LogP contribution in [0.15, 0.2) is 67.0 Å². The monoisotopic (exact) mass is 375 g/mol. The molecule has 5 N–H and O–H groups in total. The highest BCUT2D eigenvalue weighted by molar-refractivity contribution is 5.97. The van der Waals surface area contributed by atoms with Crippen LogP contribution in [0.2, 0.25) is 0 Å². The Labute approximate surface area is 162 Å². The summed E-state index contributed by atoms with van der Waals surface area (Å²) in [7, 11) is 0. The van der Waals surface area contributed by atoms with Gasteiger partial charge in [-0.3, -0.25) is 0 Å². The van der Waals surface area contributed by atoms with Crippen LogP contribution in [0.25, 0.3) is 33.3 Å². The molecule has 0 fully saturated rings. The number of H-pyrrole nitrogens is 1. The topological polar surface area (TPSA) is 92.0 Å². The van der Waals surface area contributed by atoms with Crippen LogP contribution in [0, 0.1) is 0 Å². The molecule has 0 unspecified atom stereocenters. The molecule has 2 aromatic carbocycles. The summed E-state index contributed by atoms with van der Waals surface area (Å²) < 4.78 is 0. The Bertz CT molecular complexity index is 1120. The summed E-state index contributed by atoms with van der Waals surface area (Å²) in [4.78, 5) is 7.71. The zero-order valence-electron chi connectivity index (χ0n) is 15.6. The maximum atomic E-state index is 10.3. The molecule has 4 aromatic rings. The predicted octanol–water partition coefficient (Wildman–Crippen LogP) is 4.14. The van der Waals surface area contributed by atoms with Gasteiger partial charge in [0.25, 0.3) is 5.75 Å². The number of hydrogen-bond acceptors (Lipinski definition) is 3. The van der Waals surface area contributed by atoms with E-state index in [0.29, 0.717) is 17.7 Å². The van der Waals surface area contributed by atoms with E-state index < -0.39 is 12.2 Å². The minimum Gasteiger partial charge on any atom is -0.593 e. The van der Waals surface area contributed by atoms with Crippen LogP contribution in [0.4, 0.5) is 0 Å². The normalized spacial score (nSPS) is 13.5. The van der Waals surface area contributed by atoms with E-state index in [-0.39, 0.29) is 0 Å². The van der Waals surface area contributed by atoms with Crippen molar-refractivity contribution in [3.63, 3.8) is 0 Å². The highest BCUT2D eigenvalue weighted by atomic mass is 16.3. The van der Waals surface area contributed by atoms with Gasteiger partial charge in [0.05, 0.1) is 11.7 Å². The first kappa shape index (κ1) is 18.2. The van der Waals surface area contributed by atoms with Gasteiger partial charge in [0.1, 0.15) is 11.8 Å². The summed E-state index contributed by atoms with van der Waals surface area (Å²) >= 11 is 0. The minimum atomic E-state index is -0.917. The van der Waals surface area contributed by atoms with Crippen LogP contribution in [-0.2, 0) is 0 Å². The van der Waals surface area contributed by atoms with Crippen LogP contribution in [0.1, 0.15) is 25.0 Å². The Balaban J connectivity index is 1.79. The molecule has 0 bridgehead atoms. The lowest BCUT2D eigenvalue weighted by atomic mass is 9.97. The lowest BCUT2D eigenvalue weighted by molar-refractivity contribution is 0.0165. The fourth-order valence-corrected chi connectivity index (χ4v) is 3.45. The molecule has 28 heavy (non-hydrogen) atoms. The van der Waals surface area contributed by atoms with E-state index in [4.69, 9.17) is 5.11 Å². The number of rotatable bonds is 5. The molecule has 0 saturated heterocycles. The number of nitrogens with one attached hydrogen (secondary N) is 1. The number of nitrogens with zero attached hydrogens (tertiary/aromatic N) is 1. The first-order valence-corrected chi connectivity index (χ1v) is 9.33. The molecule has 2 heterocycles. The van der Waals surface area contributed by atoms with Crippen LogP contribution in [-0.4, -0.2) is 31.4 Å². The number of para-hydroxylation sites is 1. The van der Waals surface area contributed by atoms with Gasteiger partial charge < -0.3 is 20.3 Å². The van der Waals surface area contributed by atoms with E-state index in [2.05, 4.69) is 9.97 Å². The zero-order chi connectivity index (χ0) is 19.7. The third-order valence-corrected chi connectivity index (χ3v) is 5.09. The van der Waals surface area contributed by atoms with Crippen LogP contribution >= 0.6 is 0 Å². The van der Waals surface area contributed by atoms with Gasteiger partial charge >= 0.3 is 0 Å². The van der Waals surface area contributed by atoms with Crippen LogP contribution < -0.4 is 0 Å². The second-order valence-electron chi connectivity index (χ2n) is 6.91. The largest absolute Gasteiger partial charge is 0.593 e. The van der Waals surface area contributed by atoms with Crippen LogP contribution in [0.3, 0.4) is 0 Å². The smallest absolute Gasteiger partial charge is 0.261 e. The van der Waals surface area contributed by atoms with Crippen molar-refractivity contribution in [1.82, 2.24) is 9.97 Å². The van der Waals surface area contributed by atoms with E-state index in [1.807, 2.05) is 61.7 Å². The van der Waals surface area contributed by atoms with E-state index in [1.54, 1.807) is 12.3 Å². The van der Waals surface area contributed by atoms with Gasteiger partial charge in [0.15, 0.2) is 0 Å². The van der Waals surface area contributed by atoms with Gasteiger partial charge in [0.2, 0.25) is 0 Å². The second kappa shape index (κ2) is 7.46. The highest BCUT2D eigenvalue weighted by Crippen LogP contribution is 2.35. The molecule has 0 radical (unpaired) electrons. The number of fused-ring (bicyclic) bond motifs is 1. The molecular weight excluding hydrogens is 352 g/mol. The molecule has 0 saturated carbocycles. The Morgan fingerprint density at radius 3 is 2.61 bits per heavy atom. The van der Waals surface area contributed by atoms with Crippen LogP contribution in [0.5, 0.6) is 5.75 Å². The Morgan fingerprint density at radius 1 is 1.00 bits per heavy atom. The van der Waals surface area contributed by atoms with Crippen molar-refractivity contribution < 1.29 is 15.3 Å². The number of aromatic nitrogens is 2. The van der Waals surface area contributed by atoms with Crippen molar-refractivity contribution in [2.24, 2.45) is 0 Å². The van der Waals surface area contributed by atoms with Crippen molar-refractivity contribution in [3.8, 4) is 28.0 Å². The van der Waals surface area contributed by atoms with Crippen molar-refractivity contribution in [2.45, 2.75) is 25.6 Å². The Morgan fingerprint density at radius 2 is 1.82 bits per heavy atom. The maximum Gasteiger partial charge on any atom is 0.261 e. The number of hydrogen-bond donors (Lipinski definition) is 3. The number of aliphatic hydroxyl groups is 2. The highest BCUT2D eigenvalue weighted by Gasteiger charge is 2.18. The average molecular weight is 375 g/mol. The molecule has 0 amide bonds. The predicted molar refractivity (Wildman–Crippen MR) is 111 cm³/mol. The third-order valence-electron chi connectivity index (χ3n) is 5.09. The molecule has 0 aliphatic rings. The summed E-state index contributed by atoms with van der Waals surface area (Å²) in [6.45, 7) is 1.84. The molecule has 5 nitrogen and oxygen atoms in total. The molecule has 142 valence electrons. The molecule has 2 aromatic heterocycles. The van der Waals surface area contributed by atoms with E-state index in [1.165, 1.54) is 0 Å². The Hall–Kier alpha value is -3.15. The van der Waals surface area contributed by atoms with Gasteiger partial charge in [-0.15, -0.1) is 0 Å². The van der Waals surface area contributed by atoms with Crippen molar-refractivity contribution in [3.05, 3.63) is 72.6 Å². The Kier molecular flexibility index (Phi) is 4.86. The lowest BCUT2D eigenvalue weighted by Crippen LogP contribution is -2.16. The standard InChI is InChI=1S/C23H22N2O3/c1-2-20(26)22(28)15-7-5-6-14(10-15)16-11-18-19(13-25-23(18)24-12-16)17-8-3-4-9-21(17)27/h3-13,20,22,26-28H,2H2,1H3,(H,24,25)/p+1/t20-,22-/m0/s1.